The maximum absolute atomic E-state index is 11.7. The smallest absolute Gasteiger partial charge is 0.328 e. The molecule has 0 aliphatic heterocycles. The van der Waals surface area contributed by atoms with Crippen LogP contribution in [0.1, 0.15) is 25.8 Å². The lowest BCUT2D eigenvalue weighted by Gasteiger charge is -2.19. The average Bonchev–Trinajstić information content (AvgIpc) is 2.31. The van der Waals surface area contributed by atoms with Crippen LogP contribution in [0.5, 0.6) is 0 Å². The molecule has 0 aromatic heterocycles. The number of hydrogen-bond donors (Lipinski definition) is 2. The van der Waals surface area contributed by atoms with E-state index >= 15 is 0 Å². The number of esters is 1. The third-order valence-electron chi connectivity index (χ3n) is 2.81. The SMILES string of the molecule is COC(=O)C(CC(C)C)Nc1ccc(C)c(N)c1. The van der Waals surface area contributed by atoms with Crippen molar-refractivity contribution in [3.63, 3.8) is 0 Å². The van der Waals surface area contributed by atoms with Crippen LogP contribution in [0.25, 0.3) is 0 Å². The molecular weight excluding hydrogens is 228 g/mol. The van der Waals surface area contributed by atoms with Gasteiger partial charge in [0.2, 0.25) is 0 Å². The van der Waals surface area contributed by atoms with Crippen molar-refractivity contribution in [2.75, 3.05) is 18.2 Å². The van der Waals surface area contributed by atoms with Gasteiger partial charge >= 0.3 is 5.97 Å². The molecule has 100 valence electrons. The second-order valence-electron chi connectivity index (χ2n) is 4.92. The lowest BCUT2D eigenvalue weighted by Crippen LogP contribution is -2.32. The standard InChI is InChI=1S/C14H22N2O2/c1-9(2)7-13(14(17)18-4)16-11-6-5-10(3)12(15)8-11/h5-6,8-9,13,16H,7,15H2,1-4H3. The summed E-state index contributed by atoms with van der Waals surface area (Å²) in [6.45, 7) is 6.09. The Morgan fingerprint density at radius 3 is 2.61 bits per heavy atom. The maximum Gasteiger partial charge on any atom is 0.328 e. The molecule has 4 heteroatoms. The molecule has 18 heavy (non-hydrogen) atoms. The zero-order chi connectivity index (χ0) is 13.7. The molecule has 1 aromatic rings. The number of ether oxygens (including phenoxy) is 1. The molecule has 0 aliphatic carbocycles. The number of methoxy groups -OCH3 is 1. The molecule has 1 aromatic carbocycles. The lowest BCUT2D eigenvalue weighted by molar-refractivity contribution is -0.141. The predicted octanol–water partition coefficient (Wildman–Crippen LogP) is 2.58. The van der Waals surface area contributed by atoms with E-state index in [1.54, 1.807) is 0 Å². The fraction of sp³-hybridized carbons (Fsp3) is 0.500. The Bertz CT molecular complexity index is 416. The van der Waals surface area contributed by atoms with E-state index in [0.717, 1.165) is 17.7 Å². The van der Waals surface area contributed by atoms with Crippen LogP contribution in [-0.2, 0) is 9.53 Å². The van der Waals surface area contributed by atoms with Gasteiger partial charge in [-0.05, 0) is 37.0 Å². The van der Waals surface area contributed by atoms with Crippen molar-refractivity contribution >= 4 is 17.3 Å². The monoisotopic (exact) mass is 250 g/mol. The molecule has 1 atom stereocenters. The van der Waals surface area contributed by atoms with Crippen molar-refractivity contribution in [3.8, 4) is 0 Å². The number of nitrogen functional groups attached to an aromatic ring is 1. The largest absolute Gasteiger partial charge is 0.467 e. The van der Waals surface area contributed by atoms with E-state index in [2.05, 4.69) is 19.2 Å². The Hall–Kier alpha value is -1.71. The number of carbonyl (C=O) groups excluding carboxylic acids is 1. The summed E-state index contributed by atoms with van der Waals surface area (Å²) in [5, 5.41) is 3.17. The van der Waals surface area contributed by atoms with Crippen LogP contribution in [0, 0.1) is 12.8 Å². The molecule has 0 saturated carbocycles. The van der Waals surface area contributed by atoms with E-state index < -0.39 is 0 Å². The normalized spacial score (nSPS) is 12.3. The molecule has 1 rings (SSSR count). The molecule has 4 nitrogen and oxygen atoms in total. The van der Waals surface area contributed by atoms with Gasteiger partial charge in [0, 0.05) is 11.4 Å². The van der Waals surface area contributed by atoms with Crippen LogP contribution in [-0.4, -0.2) is 19.1 Å². The number of anilines is 2. The molecule has 3 N–H and O–H groups in total. The van der Waals surface area contributed by atoms with Gasteiger partial charge in [0.05, 0.1) is 7.11 Å². The minimum atomic E-state index is -0.336. The Morgan fingerprint density at radius 2 is 2.11 bits per heavy atom. The minimum absolute atomic E-state index is 0.247. The van der Waals surface area contributed by atoms with Gasteiger partial charge in [0.25, 0.3) is 0 Å². The first-order valence-corrected chi connectivity index (χ1v) is 6.14. The number of benzene rings is 1. The molecule has 0 bridgehead atoms. The first-order valence-electron chi connectivity index (χ1n) is 6.14. The minimum Gasteiger partial charge on any atom is -0.467 e. The fourth-order valence-corrected chi connectivity index (χ4v) is 1.76. The Labute approximate surface area is 109 Å². The fourth-order valence-electron chi connectivity index (χ4n) is 1.76. The zero-order valence-corrected chi connectivity index (χ0v) is 11.5. The second-order valence-corrected chi connectivity index (χ2v) is 4.92. The van der Waals surface area contributed by atoms with Gasteiger partial charge in [-0.1, -0.05) is 19.9 Å². The molecular formula is C14H22N2O2. The van der Waals surface area contributed by atoms with Gasteiger partial charge in [-0.3, -0.25) is 0 Å². The second kappa shape index (κ2) is 6.28. The van der Waals surface area contributed by atoms with Gasteiger partial charge in [-0.15, -0.1) is 0 Å². The third kappa shape index (κ3) is 3.95. The van der Waals surface area contributed by atoms with E-state index in [4.69, 9.17) is 10.5 Å². The van der Waals surface area contributed by atoms with Crippen molar-refractivity contribution in [2.45, 2.75) is 33.2 Å². The molecule has 0 amide bonds. The number of carbonyl (C=O) groups is 1. The number of nitrogens with two attached hydrogens (primary N) is 1. The van der Waals surface area contributed by atoms with Gasteiger partial charge in [-0.25, -0.2) is 4.79 Å². The predicted molar refractivity (Wildman–Crippen MR) is 74.5 cm³/mol. The summed E-state index contributed by atoms with van der Waals surface area (Å²) in [5.74, 6) is 0.159. The average molecular weight is 250 g/mol. The molecule has 0 radical (unpaired) electrons. The molecule has 0 heterocycles. The molecule has 0 spiro atoms. The van der Waals surface area contributed by atoms with E-state index in [-0.39, 0.29) is 12.0 Å². The number of rotatable bonds is 5. The maximum atomic E-state index is 11.7. The summed E-state index contributed by atoms with van der Waals surface area (Å²) < 4.78 is 4.81. The third-order valence-corrected chi connectivity index (χ3v) is 2.81. The van der Waals surface area contributed by atoms with E-state index in [1.165, 1.54) is 7.11 Å². The summed E-state index contributed by atoms with van der Waals surface area (Å²) >= 11 is 0. The van der Waals surface area contributed by atoms with Crippen LogP contribution in [0.3, 0.4) is 0 Å². The van der Waals surface area contributed by atoms with Crippen molar-refractivity contribution in [1.82, 2.24) is 0 Å². The van der Waals surface area contributed by atoms with E-state index in [0.29, 0.717) is 11.6 Å². The highest BCUT2D eigenvalue weighted by molar-refractivity contribution is 5.79. The van der Waals surface area contributed by atoms with Crippen LogP contribution in [0.15, 0.2) is 18.2 Å². The number of hydrogen-bond acceptors (Lipinski definition) is 4. The summed E-state index contributed by atoms with van der Waals surface area (Å²) in [6.07, 6.45) is 0.723. The van der Waals surface area contributed by atoms with Crippen molar-refractivity contribution in [1.29, 1.82) is 0 Å². The van der Waals surface area contributed by atoms with Gasteiger partial charge in [0.1, 0.15) is 6.04 Å². The summed E-state index contributed by atoms with van der Waals surface area (Å²) in [6, 6.07) is 5.35. The van der Waals surface area contributed by atoms with Crippen molar-refractivity contribution in [2.24, 2.45) is 5.92 Å². The summed E-state index contributed by atoms with van der Waals surface area (Å²) in [7, 11) is 1.40. The Morgan fingerprint density at radius 1 is 1.44 bits per heavy atom. The highest BCUT2D eigenvalue weighted by Gasteiger charge is 2.20. The summed E-state index contributed by atoms with van der Waals surface area (Å²) in [5.41, 5.74) is 8.43. The lowest BCUT2D eigenvalue weighted by atomic mass is 10.0. The number of aryl methyl sites for hydroxylation is 1. The first-order chi connectivity index (χ1) is 8.43. The number of nitrogens with one attached hydrogen (secondary N) is 1. The highest BCUT2D eigenvalue weighted by Crippen LogP contribution is 2.19. The van der Waals surface area contributed by atoms with Crippen molar-refractivity contribution in [3.05, 3.63) is 23.8 Å². The summed E-state index contributed by atoms with van der Waals surface area (Å²) in [4.78, 5) is 11.7. The molecule has 0 saturated heterocycles. The first kappa shape index (κ1) is 14.4. The Kier molecular flexibility index (Phi) is 5.01. The van der Waals surface area contributed by atoms with Gasteiger partial charge in [-0.2, -0.15) is 0 Å². The zero-order valence-electron chi connectivity index (χ0n) is 11.5. The highest BCUT2D eigenvalue weighted by atomic mass is 16.5. The van der Waals surface area contributed by atoms with E-state index in [9.17, 15) is 4.79 Å². The van der Waals surface area contributed by atoms with Crippen LogP contribution >= 0.6 is 0 Å². The molecule has 1 unspecified atom stereocenters. The van der Waals surface area contributed by atoms with Gasteiger partial charge in [0.15, 0.2) is 0 Å². The van der Waals surface area contributed by atoms with Crippen molar-refractivity contribution < 1.29 is 9.53 Å². The quantitative estimate of drug-likeness (QED) is 0.622. The van der Waals surface area contributed by atoms with Crippen LogP contribution in [0.2, 0.25) is 0 Å². The topological polar surface area (TPSA) is 64.3 Å². The Balaban J connectivity index is 2.81. The van der Waals surface area contributed by atoms with Crippen LogP contribution < -0.4 is 11.1 Å². The molecule has 0 aliphatic rings. The molecule has 0 fully saturated rings. The van der Waals surface area contributed by atoms with Gasteiger partial charge < -0.3 is 15.8 Å². The van der Waals surface area contributed by atoms with Crippen LogP contribution in [0.4, 0.5) is 11.4 Å². The van der Waals surface area contributed by atoms with E-state index in [1.807, 2.05) is 25.1 Å².